The number of hydrogen-bond donors (Lipinski definition) is 3. The summed E-state index contributed by atoms with van der Waals surface area (Å²) in [7, 11) is 0. The van der Waals surface area contributed by atoms with Crippen LogP contribution in [-0.4, -0.2) is 29.6 Å². The van der Waals surface area contributed by atoms with Crippen LogP contribution in [0.2, 0.25) is 0 Å². The fourth-order valence-electron chi connectivity index (χ4n) is 2.33. The Morgan fingerprint density at radius 2 is 2.16 bits per heavy atom. The van der Waals surface area contributed by atoms with Crippen LogP contribution in [-0.2, 0) is 4.79 Å². The SMILES string of the molecule is Cc1cc(C(=O)O)ccc1NC(=O)C1NCCC1C. The molecule has 0 bridgehead atoms. The number of carboxylic acids is 1. The molecule has 5 nitrogen and oxygen atoms in total. The third-order valence-electron chi connectivity index (χ3n) is 3.55. The Kier molecular flexibility index (Phi) is 3.85. The summed E-state index contributed by atoms with van der Waals surface area (Å²) in [5.74, 6) is -0.707. The van der Waals surface area contributed by atoms with Gasteiger partial charge in [-0.3, -0.25) is 4.79 Å². The number of hydrogen-bond acceptors (Lipinski definition) is 3. The van der Waals surface area contributed by atoms with Crippen molar-refractivity contribution in [3.05, 3.63) is 29.3 Å². The van der Waals surface area contributed by atoms with Crippen molar-refractivity contribution in [1.29, 1.82) is 0 Å². The highest BCUT2D eigenvalue weighted by Gasteiger charge is 2.29. The molecule has 1 fully saturated rings. The summed E-state index contributed by atoms with van der Waals surface area (Å²) < 4.78 is 0. The molecule has 0 saturated carbocycles. The van der Waals surface area contributed by atoms with Gasteiger partial charge in [-0.15, -0.1) is 0 Å². The first-order valence-corrected chi connectivity index (χ1v) is 6.37. The minimum absolute atomic E-state index is 0.0591. The summed E-state index contributed by atoms with van der Waals surface area (Å²) in [6.07, 6.45) is 0.995. The molecule has 0 radical (unpaired) electrons. The first kappa shape index (κ1) is 13.5. The Hall–Kier alpha value is -1.88. The molecular weight excluding hydrogens is 244 g/mol. The summed E-state index contributed by atoms with van der Waals surface area (Å²) in [6.45, 7) is 4.69. The third-order valence-corrected chi connectivity index (χ3v) is 3.55. The van der Waals surface area contributed by atoms with Gasteiger partial charge in [0.1, 0.15) is 0 Å². The predicted molar refractivity (Wildman–Crippen MR) is 72.3 cm³/mol. The van der Waals surface area contributed by atoms with Gasteiger partial charge >= 0.3 is 5.97 Å². The molecular formula is C14H18N2O3. The maximum Gasteiger partial charge on any atom is 0.335 e. The predicted octanol–water partition coefficient (Wildman–Crippen LogP) is 1.63. The fourth-order valence-corrected chi connectivity index (χ4v) is 2.33. The smallest absolute Gasteiger partial charge is 0.335 e. The number of aryl methyl sites for hydroxylation is 1. The van der Waals surface area contributed by atoms with Crippen LogP contribution < -0.4 is 10.6 Å². The minimum atomic E-state index is -0.966. The number of carbonyl (C=O) groups excluding carboxylic acids is 1. The first-order chi connectivity index (χ1) is 8.99. The first-order valence-electron chi connectivity index (χ1n) is 6.37. The van der Waals surface area contributed by atoms with E-state index in [-0.39, 0.29) is 17.5 Å². The number of carboxylic acid groups (broad SMARTS) is 1. The molecule has 1 aliphatic rings. The lowest BCUT2D eigenvalue weighted by Crippen LogP contribution is -2.39. The molecule has 102 valence electrons. The molecule has 19 heavy (non-hydrogen) atoms. The van der Waals surface area contributed by atoms with Gasteiger partial charge in [0.05, 0.1) is 11.6 Å². The molecule has 0 aliphatic carbocycles. The van der Waals surface area contributed by atoms with Gasteiger partial charge in [0.2, 0.25) is 5.91 Å². The maximum absolute atomic E-state index is 12.1. The van der Waals surface area contributed by atoms with Crippen molar-refractivity contribution in [2.24, 2.45) is 5.92 Å². The van der Waals surface area contributed by atoms with E-state index in [1.54, 1.807) is 19.1 Å². The van der Waals surface area contributed by atoms with Crippen LogP contribution in [0, 0.1) is 12.8 Å². The van der Waals surface area contributed by atoms with Crippen molar-refractivity contribution in [2.45, 2.75) is 26.3 Å². The molecule has 1 amide bonds. The molecule has 2 rings (SSSR count). The molecule has 1 aromatic rings. The van der Waals surface area contributed by atoms with Crippen molar-refractivity contribution in [1.82, 2.24) is 5.32 Å². The molecule has 5 heteroatoms. The van der Waals surface area contributed by atoms with E-state index in [1.165, 1.54) is 6.07 Å². The number of benzene rings is 1. The summed E-state index contributed by atoms with van der Waals surface area (Å²) in [6, 6.07) is 4.52. The van der Waals surface area contributed by atoms with Gasteiger partial charge in [0, 0.05) is 5.69 Å². The normalized spacial score (nSPS) is 22.2. The third kappa shape index (κ3) is 2.93. The second-order valence-electron chi connectivity index (χ2n) is 5.02. The Labute approximate surface area is 112 Å². The highest BCUT2D eigenvalue weighted by atomic mass is 16.4. The van der Waals surface area contributed by atoms with E-state index < -0.39 is 5.97 Å². The number of carbonyl (C=O) groups is 2. The van der Waals surface area contributed by atoms with E-state index in [0.717, 1.165) is 18.5 Å². The molecule has 1 heterocycles. The summed E-state index contributed by atoms with van der Waals surface area (Å²) in [5, 5.41) is 14.9. The van der Waals surface area contributed by atoms with Crippen LogP contribution in [0.1, 0.15) is 29.3 Å². The molecule has 1 aromatic carbocycles. The van der Waals surface area contributed by atoms with E-state index in [9.17, 15) is 9.59 Å². The second-order valence-corrected chi connectivity index (χ2v) is 5.02. The minimum Gasteiger partial charge on any atom is -0.478 e. The molecule has 2 atom stereocenters. The maximum atomic E-state index is 12.1. The van der Waals surface area contributed by atoms with E-state index in [4.69, 9.17) is 5.11 Å². The van der Waals surface area contributed by atoms with Gasteiger partial charge in [0.15, 0.2) is 0 Å². The van der Waals surface area contributed by atoms with Gasteiger partial charge in [-0.05, 0) is 49.6 Å². The van der Waals surface area contributed by atoms with Gasteiger partial charge < -0.3 is 15.7 Å². The lowest BCUT2D eigenvalue weighted by Gasteiger charge is -2.16. The number of amides is 1. The number of rotatable bonds is 3. The lowest BCUT2D eigenvalue weighted by molar-refractivity contribution is -0.118. The standard InChI is InChI=1S/C14H18N2O3/c1-8-5-6-15-12(8)13(17)16-11-4-3-10(14(18)19)7-9(11)2/h3-4,7-8,12,15H,5-6H2,1-2H3,(H,16,17)(H,18,19). The molecule has 2 unspecified atom stereocenters. The Bertz CT molecular complexity index is 513. The van der Waals surface area contributed by atoms with Crippen molar-refractivity contribution < 1.29 is 14.7 Å². The van der Waals surface area contributed by atoms with Crippen LogP contribution in [0.4, 0.5) is 5.69 Å². The van der Waals surface area contributed by atoms with Gasteiger partial charge in [-0.2, -0.15) is 0 Å². The van der Waals surface area contributed by atoms with Crippen molar-refractivity contribution >= 4 is 17.6 Å². The van der Waals surface area contributed by atoms with Crippen LogP contribution in [0.25, 0.3) is 0 Å². The zero-order valence-corrected chi connectivity index (χ0v) is 11.1. The zero-order valence-electron chi connectivity index (χ0n) is 11.1. The molecule has 1 aliphatic heterocycles. The molecule has 1 saturated heterocycles. The van der Waals surface area contributed by atoms with Gasteiger partial charge in [-0.25, -0.2) is 4.79 Å². The van der Waals surface area contributed by atoms with Crippen LogP contribution in [0.3, 0.4) is 0 Å². The lowest BCUT2D eigenvalue weighted by atomic mass is 10.0. The van der Waals surface area contributed by atoms with Crippen molar-refractivity contribution in [3.8, 4) is 0 Å². The average Bonchev–Trinajstić information content (AvgIpc) is 2.77. The van der Waals surface area contributed by atoms with Crippen LogP contribution >= 0.6 is 0 Å². The topological polar surface area (TPSA) is 78.4 Å². The summed E-state index contributed by atoms with van der Waals surface area (Å²) >= 11 is 0. The monoisotopic (exact) mass is 262 g/mol. The Balaban J connectivity index is 2.11. The fraction of sp³-hybridized carbons (Fsp3) is 0.429. The number of anilines is 1. The molecule has 0 aromatic heterocycles. The van der Waals surface area contributed by atoms with E-state index in [2.05, 4.69) is 10.6 Å². The Morgan fingerprint density at radius 1 is 1.42 bits per heavy atom. The van der Waals surface area contributed by atoms with Crippen molar-refractivity contribution in [2.75, 3.05) is 11.9 Å². The van der Waals surface area contributed by atoms with E-state index >= 15 is 0 Å². The number of nitrogens with one attached hydrogen (secondary N) is 2. The van der Waals surface area contributed by atoms with Gasteiger partial charge in [0.25, 0.3) is 0 Å². The highest BCUT2D eigenvalue weighted by Crippen LogP contribution is 2.20. The van der Waals surface area contributed by atoms with Crippen molar-refractivity contribution in [3.63, 3.8) is 0 Å². The quantitative estimate of drug-likeness (QED) is 0.773. The molecule has 3 N–H and O–H groups in total. The van der Waals surface area contributed by atoms with Crippen LogP contribution in [0.15, 0.2) is 18.2 Å². The van der Waals surface area contributed by atoms with Crippen LogP contribution in [0.5, 0.6) is 0 Å². The zero-order chi connectivity index (χ0) is 14.0. The average molecular weight is 262 g/mol. The summed E-state index contributed by atoms with van der Waals surface area (Å²) in [5.41, 5.74) is 1.64. The van der Waals surface area contributed by atoms with E-state index in [1.807, 2.05) is 6.92 Å². The van der Waals surface area contributed by atoms with E-state index in [0.29, 0.717) is 11.6 Å². The largest absolute Gasteiger partial charge is 0.478 e. The second kappa shape index (κ2) is 5.40. The Morgan fingerprint density at radius 3 is 2.68 bits per heavy atom. The summed E-state index contributed by atoms with van der Waals surface area (Å²) in [4.78, 5) is 22.9. The highest BCUT2D eigenvalue weighted by molar-refractivity contribution is 5.96. The molecule has 0 spiro atoms. The number of aromatic carboxylic acids is 1. The van der Waals surface area contributed by atoms with Gasteiger partial charge in [-0.1, -0.05) is 6.92 Å².